The Morgan fingerprint density at radius 1 is 1.11 bits per heavy atom. The van der Waals surface area contributed by atoms with Crippen LogP contribution >= 0.6 is 0 Å². The summed E-state index contributed by atoms with van der Waals surface area (Å²) < 4.78 is 14.8. The van der Waals surface area contributed by atoms with Crippen molar-refractivity contribution in [3.63, 3.8) is 0 Å². The van der Waals surface area contributed by atoms with Crippen molar-refractivity contribution in [2.45, 2.75) is 63.7 Å². The van der Waals surface area contributed by atoms with E-state index in [9.17, 15) is 14.7 Å². The van der Waals surface area contributed by atoms with Gasteiger partial charge >= 0.3 is 5.69 Å². The molecule has 4 atom stereocenters. The minimum atomic E-state index is -2.95. The predicted octanol–water partition coefficient (Wildman–Crippen LogP) is 2.62. The van der Waals surface area contributed by atoms with Crippen LogP contribution in [0.5, 0.6) is 0 Å². The summed E-state index contributed by atoms with van der Waals surface area (Å²) in [6, 6.07) is 20.4. The summed E-state index contributed by atoms with van der Waals surface area (Å²) in [5, 5.41) is 12.8. The van der Waals surface area contributed by atoms with Gasteiger partial charge < -0.3 is 14.3 Å². The quantitative estimate of drug-likeness (QED) is 0.380. The molecule has 1 fully saturated rings. The van der Waals surface area contributed by atoms with Gasteiger partial charge in [-0.15, -0.1) is 6.58 Å². The average Bonchev–Trinajstić information content (AvgIpc) is 3.28. The van der Waals surface area contributed by atoms with Crippen molar-refractivity contribution < 1.29 is 14.3 Å². The second-order valence-electron chi connectivity index (χ2n) is 10.3. The van der Waals surface area contributed by atoms with Gasteiger partial charge in [0.2, 0.25) is 0 Å². The SMILES string of the molecule is C=CC(O)C1OC(n2cc(C)c(=O)[nH]c2=O)CC1O[Si](c1ccccc1)(c1ccccc1)C(C)(C)C. The Hall–Kier alpha value is -3.04. The van der Waals surface area contributed by atoms with Crippen LogP contribution in [-0.4, -0.2) is 41.3 Å². The Balaban J connectivity index is 1.84. The van der Waals surface area contributed by atoms with E-state index in [1.165, 1.54) is 16.8 Å². The summed E-state index contributed by atoms with van der Waals surface area (Å²) in [5.74, 6) is 0. The van der Waals surface area contributed by atoms with Gasteiger partial charge in [0.25, 0.3) is 13.9 Å². The third-order valence-corrected chi connectivity index (χ3v) is 12.0. The summed E-state index contributed by atoms with van der Waals surface area (Å²) >= 11 is 0. The van der Waals surface area contributed by atoms with Crippen LogP contribution < -0.4 is 21.6 Å². The highest BCUT2D eigenvalue weighted by molar-refractivity contribution is 6.99. The minimum Gasteiger partial charge on any atom is -0.402 e. The first-order chi connectivity index (χ1) is 17.1. The summed E-state index contributed by atoms with van der Waals surface area (Å²) in [7, 11) is -2.95. The van der Waals surface area contributed by atoms with Crippen molar-refractivity contribution >= 4 is 18.7 Å². The molecule has 2 aromatic carbocycles. The molecule has 2 N–H and O–H groups in total. The molecular weight excluding hydrogens is 472 g/mol. The Kier molecular flexibility index (Phi) is 7.33. The molecule has 1 saturated heterocycles. The molecule has 0 amide bonds. The Labute approximate surface area is 212 Å². The smallest absolute Gasteiger partial charge is 0.330 e. The number of rotatable bonds is 7. The van der Waals surface area contributed by atoms with Crippen molar-refractivity contribution in [3.05, 3.63) is 106 Å². The molecule has 36 heavy (non-hydrogen) atoms. The van der Waals surface area contributed by atoms with Gasteiger partial charge in [0.1, 0.15) is 18.4 Å². The molecule has 4 rings (SSSR count). The maximum absolute atomic E-state index is 12.6. The molecule has 1 aliphatic heterocycles. The predicted molar refractivity (Wildman–Crippen MR) is 143 cm³/mol. The number of benzene rings is 2. The zero-order valence-electron chi connectivity index (χ0n) is 21.2. The molecule has 8 heteroatoms. The molecule has 190 valence electrons. The minimum absolute atomic E-state index is 0.275. The number of aliphatic hydroxyl groups excluding tert-OH is 1. The van der Waals surface area contributed by atoms with E-state index in [0.29, 0.717) is 12.0 Å². The van der Waals surface area contributed by atoms with E-state index in [4.69, 9.17) is 9.16 Å². The van der Waals surface area contributed by atoms with Crippen LogP contribution in [0.4, 0.5) is 0 Å². The summed E-state index contributed by atoms with van der Waals surface area (Å²) in [6.45, 7) is 11.9. The lowest BCUT2D eigenvalue weighted by Gasteiger charge is -2.45. The second kappa shape index (κ2) is 10.1. The van der Waals surface area contributed by atoms with Crippen LogP contribution in [0.1, 0.15) is 39.0 Å². The summed E-state index contributed by atoms with van der Waals surface area (Å²) in [5.41, 5.74) is -0.596. The van der Waals surface area contributed by atoms with Crippen molar-refractivity contribution in [1.82, 2.24) is 9.55 Å². The number of H-pyrrole nitrogens is 1. The van der Waals surface area contributed by atoms with Crippen LogP contribution in [0.25, 0.3) is 0 Å². The highest BCUT2D eigenvalue weighted by Gasteiger charge is 2.54. The number of aromatic nitrogens is 2. The molecular formula is C28H34N2O5Si. The Morgan fingerprint density at radius 3 is 2.17 bits per heavy atom. The molecule has 0 bridgehead atoms. The molecule has 1 aliphatic rings. The topological polar surface area (TPSA) is 93.5 Å². The summed E-state index contributed by atoms with van der Waals surface area (Å²) in [6.07, 6.45) is 0.255. The molecule has 7 nitrogen and oxygen atoms in total. The highest BCUT2D eigenvalue weighted by Crippen LogP contribution is 2.41. The largest absolute Gasteiger partial charge is 0.402 e. The van der Waals surface area contributed by atoms with E-state index < -0.39 is 44.1 Å². The van der Waals surface area contributed by atoms with Crippen LogP contribution in [0, 0.1) is 6.92 Å². The lowest BCUT2D eigenvalue weighted by molar-refractivity contribution is -0.0657. The van der Waals surface area contributed by atoms with Gasteiger partial charge in [-0.05, 0) is 22.3 Å². The first kappa shape index (κ1) is 26.0. The maximum Gasteiger partial charge on any atom is 0.330 e. The third kappa shape index (κ3) is 4.69. The van der Waals surface area contributed by atoms with E-state index in [0.717, 1.165) is 10.4 Å². The molecule has 0 radical (unpaired) electrons. The zero-order valence-corrected chi connectivity index (χ0v) is 22.2. The lowest BCUT2D eigenvalue weighted by Crippen LogP contribution is -2.68. The van der Waals surface area contributed by atoms with Gasteiger partial charge in [0, 0.05) is 18.2 Å². The fourth-order valence-electron chi connectivity index (χ4n) is 5.10. The number of aliphatic hydroxyl groups is 1. The van der Waals surface area contributed by atoms with Crippen molar-refractivity contribution in [2.75, 3.05) is 0 Å². The Morgan fingerprint density at radius 2 is 1.67 bits per heavy atom. The van der Waals surface area contributed by atoms with Crippen molar-refractivity contribution in [3.8, 4) is 0 Å². The summed E-state index contributed by atoms with van der Waals surface area (Å²) in [4.78, 5) is 26.9. The maximum atomic E-state index is 12.6. The number of nitrogens with one attached hydrogen (secondary N) is 1. The number of nitrogens with zero attached hydrogens (tertiary/aromatic N) is 1. The molecule has 1 aromatic heterocycles. The fraction of sp³-hybridized carbons (Fsp3) is 0.357. The van der Waals surface area contributed by atoms with E-state index >= 15 is 0 Å². The fourth-order valence-corrected chi connectivity index (χ4v) is 9.80. The normalized spacial score (nSPS) is 21.3. The molecule has 0 aliphatic carbocycles. The standard InChI is InChI=1S/C28H34N2O5Si/c1-6-22(31)25-23(17-24(34-25)30-18-19(2)26(32)29-27(30)33)35-36(28(3,4)5,20-13-9-7-10-14-20)21-15-11-8-12-16-21/h6-16,18,22-25,31H,1,17H2,2-5H3,(H,29,32,33). The number of hydrogen-bond acceptors (Lipinski definition) is 5. The lowest BCUT2D eigenvalue weighted by atomic mass is 10.1. The molecule has 2 heterocycles. The van der Waals surface area contributed by atoms with E-state index in [2.05, 4.69) is 56.6 Å². The first-order valence-corrected chi connectivity index (χ1v) is 14.1. The van der Waals surface area contributed by atoms with Gasteiger partial charge in [0.15, 0.2) is 0 Å². The van der Waals surface area contributed by atoms with Crippen LogP contribution in [-0.2, 0) is 9.16 Å². The number of aromatic amines is 1. The average molecular weight is 507 g/mol. The van der Waals surface area contributed by atoms with Gasteiger partial charge in [-0.3, -0.25) is 14.3 Å². The van der Waals surface area contributed by atoms with Gasteiger partial charge in [-0.1, -0.05) is 87.5 Å². The van der Waals surface area contributed by atoms with Crippen molar-refractivity contribution in [2.24, 2.45) is 0 Å². The zero-order chi connectivity index (χ0) is 26.1. The van der Waals surface area contributed by atoms with E-state index in [1.54, 1.807) is 6.92 Å². The molecule has 3 aromatic rings. The molecule has 0 saturated carbocycles. The molecule has 0 spiro atoms. The second-order valence-corrected chi connectivity index (χ2v) is 14.6. The van der Waals surface area contributed by atoms with E-state index in [1.807, 2.05) is 36.4 Å². The highest BCUT2D eigenvalue weighted by atomic mass is 28.4. The molecule has 4 unspecified atom stereocenters. The monoisotopic (exact) mass is 506 g/mol. The van der Waals surface area contributed by atoms with E-state index in [-0.39, 0.29) is 5.04 Å². The Bertz CT molecular complexity index is 1270. The van der Waals surface area contributed by atoms with Crippen LogP contribution in [0.2, 0.25) is 5.04 Å². The van der Waals surface area contributed by atoms with Crippen LogP contribution in [0.15, 0.2) is 89.1 Å². The number of aryl methyl sites for hydroxylation is 1. The van der Waals surface area contributed by atoms with Crippen molar-refractivity contribution in [1.29, 1.82) is 0 Å². The third-order valence-electron chi connectivity index (χ3n) is 6.89. The van der Waals surface area contributed by atoms with Gasteiger partial charge in [-0.2, -0.15) is 0 Å². The van der Waals surface area contributed by atoms with Crippen LogP contribution in [0.3, 0.4) is 0 Å². The van der Waals surface area contributed by atoms with Gasteiger partial charge in [0.05, 0.1) is 6.10 Å². The first-order valence-electron chi connectivity index (χ1n) is 12.2. The number of ether oxygens (including phenoxy) is 1. The van der Waals surface area contributed by atoms with Gasteiger partial charge in [-0.25, -0.2) is 4.79 Å². The number of hydrogen-bond donors (Lipinski definition) is 2.